The third-order valence-corrected chi connectivity index (χ3v) is 5.69. The lowest BCUT2D eigenvalue weighted by molar-refractivity contribution is 0.0209. The second-order valence-corrected chi connectivity index (χ2v) is 6.88. The van der Waals surface area contributed by atoms with Gasteiger partial charge < -0.3 is 10.8 Å². The summed E-state index contributed by atoms with van der Waals surface area (Å²) in [7, 11) is 0. The van der Waals surface area contributed by atoms with Crippen molar-refractivity contribution in [3.05, 3.63) is 6.33 Å². The highest BCUT2D eigenvalue weighted by Crippen LogP contribution is 2.56. The molecule has 21 heavy (non-hydrogen) atoms. The smallest absolute Gasteiger partial charge is 0.183 e. The van der Waals surface area contributed by atoms with Gasteiger partial charge >= 0.3 is 0 Å². The van der Waals surface area contributed by atoms with Crippen molar-refractivity contribution in [1.82, 2.24) is 25.0 Å². The number of hydrogen-bond donors (Lipinski definition) is 2. The molecule has 1 saturated carbocycles. The molecule has 1 aliphatic carbocycles. The lowest BCUT2D eigenvalue weighted by Crippen LogP contribution is -2.38. The fourth-order valence-electron chi connectivity index (χ4n) is 3.41. The van der Waals surface area contributed by atoms with Gasteiger partial charge in [-0.2, -0.15) is 0 Å². The Kier molecular flexibility index (Phi) is 3.12. The van der Waals surface area contributed by atoms with Gasteiger partial charge in [-0.1, -0.05) is 26.0 Å². The van der Waals surface area contributed by atoms with Crippen LogP contribution in [0.3, 0.4) is 0 Å². The summed E-state index contributed by atoms with van der Waals surface area (Å²) in [6.45, 7) is 7.55. The van der Waals surface area contributed by atoms with E-state index in [0.29, 0.717) is 22.9 Å². The number of nitrogen functional groups attached to an aromatic ring is 1. The van der Waals surface area contributed by atoms with Crippen molar-refractivity contribution in [2.45, 2.75) is 40.2 Å². The summed E-state index contributed by atoms with van der Waals surface area (Å²) < 4.78 is 1.81. The number of aromatic nitrogens is 5. The summed E-state index contributed by atoms with van der Waals surface area (Å²) in [4.78, 5) is 8.18. The number of nitrogens with two attached hydrogens (primary N) is 1. The van der Waals surface area contributed by atoms with Gasteiger partial charge in [0.25, 0.3) is 0 Å². The minimum absolute atomic E-state index is 0.0264. The molecule has 1 fully saturated rings. The van der Waals surface area contributed by atoms with E-state index < -0.39 is 0 Å². The van der Waals surface area contributed by atoms with Gasteiger partial charge in [0.2, 0.25) is 0 Å². The van der Waals surface area contributed by atoms with Crippen LogP contribution in [0.25, 0.3) is 11.2 Å². The zero-order valence-corrected chi connectivity index (χ0v) is 12.7. The molecule has 0 unspecified atom stereocenters. The maximum absolute atomic E-state index is 9.74. The van der Waals surface area contributed by atoms with Crippen LogP contribution in [-0.2, 0) is 6.54 Å². The van der Waals surface area contributed by atoms with E-state index in [1.165, 1.54) is 6.33 Å². The van der Waals surface area contributed by atoms with Gasteiger partial charge in [0.05, 0.1) is 0 Å². The van der Waals surface area contributed by atoms with Crippen LogP contribution in [0.4, 0.5) is 5.82 Å². The van der Waals surface area contributed by atoms with E-state index in [2.05, 4.69) is 41.1 Å². The van der Waals surface area contributed by atoms with Crippen LogP contribution in [0.2, 0.25) is 0 Å². The number of aliphatic hydroxyl groups is 1. The quantitative estimate of drug-likeness (QED) is 0.881. The van der Waals surface area contributed by atoms with Gasteiger partial charge in [-0.25, -0.2) is 14.6 Å². The van der Waals surface area contributed by atoms with Crippen LogP contribution >= 0.6 is 0 Å². The summed E-state index contributed by atoms with van der Waals surface area (Å²) >= 11 is 0. The van der Waals surface area contributed by atoms with E-state index in [-0.39, 0.29) is 17.4 Å². The summed E-state index contributed by atoms with van der Waals surface area (Å²) in [5.41, 5.74) is 7.00. The molecule has 3 rings (SSSR count). The van der Waals surface area contributed by atoms with E-state index >= 15 is 0 Å². The van der Waals surface area contributed by atoms with Gasteiger partial charge in [0.15, 0.2) is 17.0 Å². The number of anilines is 1. The molecule has 0 aliphatic heterocycles. The number of fused-ring (bicyclic) bond motifs is 1. The van der Waals surface area contributed by atoms with Crippen molar-refractivity contribution >= 4 is 17.0 Å². The first-order valence-corrected chi connectivity index (χ1v) is 7.29. The molecule has 1 aliphatic rings. The van der Waals surface area contributed by atoms with Crippen LogP contribution in [-0.4, -0.2) is 36.7 Å². The van der Waals surface area contributed by atoms with Crippen molar-refractivity contribution in [1.29, 1.82) is 0 Å². The number of aliphatic hydroxyl groups excluding tert-OH is 1. The molecule has 3 N–H and O–H groups in total. The minimum atomic E-state index is -0.0535. The zero-order valence-electron chi connectivity index (χ0n) is 12.7. The average molecular weight is 290 g/mol. The predicted molar refractivity (Wildman–Crippen MR) is 79.2 cm³/mol. The third kappa shape index (κ3) is 1.98. The van der Waals surface area contributed by atoms with Crippen molar-refractivity contribution in [2.24, 2.45) is 16.7 Å². The fraction of sp³-hybridized carbons (Fsp3) is 0.714. The molecule has 0 saturated heterocycles. The normalized spacial score (nSPS) is 28.3. The van der Waals surface area contributed by atoms with E-state index in [4.69, 9.17) is 5.73 Å². The highest BCUT2D eigenvalue weighted by Gasteiger charge is 2.51. The van der Waals surface area contributed by atoms with Gasteiger partial charge in [0, 0.05) is 13.2 Å². The standard InChI is InChI=1S/C14H22N6O/c1-13(2)9(4-5-14(13,3)7-21)6-20-12-10(18-19-20)11(15)16-8-17-12/h8-9,21H,4-7H2,1-3H3,(H2,15,16,17)/t9-,14+/m1/s1. The van der Waals surface area contributed by atoms with Crippen LogP contribution in [0, 0.1) is 16.7 Å². The second-order valence-electron chi connectivity index (χ2n) is 6.88. The molecule has 2 heterocycles. The van der Waals surface area contributed by atoms with E-state index in [1.54, 1.807) is 0 Å². The number of hydrogen-bond acceptors (Lipinski definition) is 6. The van der Waals surface area contributed by atoms with Crippen LogP contribution < -0.4 is 5.73 Å². The number of nitrogens with zero attached hydrogens (tertiary/aromatic N) is 5. The summed E-state index contributed by atoms with van der Waals surface area (Å²) in [5, 5.41) is 18.0. The Hall–Kier alpha value is -1.76. The predicted octanol–water partition coefficient (Wildman–Crippen LogP) is 1.24. The first-order valence-electron chi connectivity index (χ1n) is 7.29. The first-order chi connectivity index (χ1) is 9.89. The summed E-state index contributed by atoms with van der Waals surface area (Å²) in [5.74, 6) is 0.771. The fourth-order valence-corrected chi connectivity index (χ4v) is 3.41. The van der Waals surface area contributed by atoms with Crippen molar-refractivity contribution in [3.63, 3.8) is 0 Å². The molecule has 2 aromatic rings. The molecule has 0 aromatic carbocycles. The molecular formula is C14H22N6O. The largest absolute Gasteiger partial charge is 0.396 e. The first kappa shape index (κ1) is 14.2. The topological polar surface area (TPSA) is 103 Å². The molecule has 0 spiro atoms. The maximum atomic E-state index is 9.74. The zero-order chi connectivity index (χ0) is 15.3. The van der Waals surface area contributed by atoms with Crippen LogP contribution in [0.15, 0.2) is 6.33 Å². The number of rotatable bonds is 3. The van der Waals surface area contributed by atoms with E-state index in [1.807, 2.05) is 4.68 Å². The van der Waals surface area contributed by atoms with Crippen molar-refractivity contribution in [2.75, 3.05) is 12.3 Å². The lowest BCUT2D eigenvalue weighted by atomic mass is 9.66. The second kappa shape index (κ2) is 4.62. The average Bonchev–Trinajstić information content (AvgIpc) is 2.95. The summed E-state index contributed by atoms with van der Waals surface area (Å²) in [6, 6.07) is 0. The van der Waals surface area contributed by atoms with Gasteiger partial charge in [-0.05, 0) is 29.6 Å². The molecule has 0 radical (unpaired) electrons. The molecule has 2 atom stereocenters. The Morgan fingerprint density at radius 2 is 2.14 bits per heavy atom. The van der Waals surface area contributed by atoms with E-state index in [0.717, 1.165) is 19.4 Å². The molecule has 114 valence electrons. The van der Waals surface area contributed by atoms with Gasteiger partial charge in [-0.15, -0.1) is 5.10 Å². The monoisotopic (exact) mass is 290 g/mol. The van der Waals surface area contributed by atoms with Gasteiger partial charge in [-0.3, -0.25) is 0 Å². The molecule has 0 amide bonds. The minimum Gasteiger partial charge on any atom is -0.396 e. The molecule has 0 bridgehead atoms. The Balaban J connectivity index is 1.92. The Labute approximate surface area is 123 Å². The Bertz CT molecular complexity index is 667. The lowest BCUT2D eigenvalue weighted by Gasteiger charge is -2.40. The summed E-state index contributed by atoms with van der Waals surface area (Å²) in [6.07, 6.45) is 3.52. The van der Waals surface area contributed by atoms with Gasteiger partial charge in [0.1, 0.15) is 6.33 Å². The molecule has 2 aromatic heterocycles. The Morgan fingerprint density at radius 3 is 2.81 bits per heavy atom. The molecular weight excluding hydrogens is 268 g/mol. The highest BCUT2D eigenvalue weighted by molar-refractivity contribution is 5.80. The van der Waals surface area contributed by atoms with Crippen molar-refractivity contribution in [3.8, 4) is 0 Å². The Morgan fingerprint density at radius 1 is 1.38 bits per heavy atom. The molecule has 7 heteroatoms. The van der Waals surface area contributed by atoms with Crippen LogP contribution in [0.1, 0.15) is 33.6 Å². The SMILES string of the molecule is CC1(C)[C@@H](Cn2nnc3c(N)ncnc32)CC[C@@]1(C)CO. The van der Waals surface area contributed by atoms with E-state index in [9.17, 15) is 5.11 Å². The van der Waals surface area contributed by atoms with Crippen molar-refractivity contribution < 1.29 is 5.11 Å². The highest BCUT2D eigenvalue weighted by atomic mass is 16.3. The molecule has 7 nitrogen and oxygen atoms in total. The third-order valence-electron chi connectivity index (χ3n) is 5.69. The maximum Gasteiger partial charge on any atom is 0.183 e. The van der Waals surface area contributed by atoms with Crippen LogP contribution in [0.5, 0.6) is 0 Å².